The fourth-order valence-corrected chi connectivity index (χ4v) is 3.14. The average Bonchev–Trinajstić information content (AvgIpc) is 2.66. The third kappa shape index (κ3) is 4.55. The fourth-order valence-electron chi connectivity index (χ4n) is 3.14. The Morgan fingerprint density at radius 1 is 1.21 bits per heavy atom. The fraction of sp³-hybridized carbons (Fsp3) is 0.368. The van der Waals surface area contributed by atoms with Crippen LogP contribution in [0.5, 0.6) is 5.75 Å². The molecule has 3 N–H and O–H groups in total. The van der Waals surface area contributed by atoms with Crippen molar-refractivity contribution < 1.29 is 27.8 Å². The number of ether oxygens (including phenoxy) is 1. The number of carbonyl (C=O) groups excluding carboxylic acids is 1. The lowest BCUT2D eigenvalue weighted by Gasteiger charge is -2.26. The number of carbonyl (C=O) groups is 1. The molecule has 2 aromatic rings. The first-order chi connectivity index (χ1) is 13.3. The van der Waals surface area contributed by atoms with Crippen LogP contribution in [0.25, 0.3) is 0 Å². The van der Waals surface area contributed by atoms with Crippen LogP contribution in [0.15, 0.2) is 33.5 Å². The van der Waals surface area contributed by atoms with E-state index in [4.69, 9.17) is 14.9 Å². The topological polar surface area (TPSA) is 106 Å². The van der Waals surface area contributed by atoms with Gasteiger partial charge in [-0.05, 0) is 17.7 Å². The molecule has 0 spiro atoms. The van der Waals surface area contributed by atoms with Gasteiger partial charge in [-0.1, -0.05) is 6.07 Å². The number of halogens is 2. The van der Waals surface area contributed by atoms with Gasteiger partial charge in [-0.15, -0.1) is 0 Å². The molecule has 28 heavy (non-hydrogen) atoms. The average molecular weight is 394 g/mol. The molecule has 3 rings (SSSR count). The van der Waals surface area contributed by atoms with Crippen LogP contribution in [0, 0.1) is 11.6 Å². The van der Waals surface area contributed by atoms with E-state index >= 15 is 0 Å². The van der Waals surface area contributed by atoms with Crippen LogP contribution in [-0.2, 0) is 16.1 Å². The second-order valence-corrected chi connectivity index (χ2v) is 6.57. The lowest BCUT2D eigenvalue weighted by atomic mass is 9.91. The van der Waals surface area contributed by atoms with Gasteiger partial charge in [-0.2, -0.15) is 0 Å². The molecule has 1 saturated heterocycles. The Hall–Kier alpha value is -2.78. The number of benzene rings is 1. The Balaban J connectivity index is 2.01. The molecule has 0 unspecified atom stereocenters. The van der Waals surface area contributed by atoms with Gasteiger partial charge in [-0.3, -0.25) is 14.5 Å². The zero-order chi connectivity index (χ0) is 20.3. The monoisotopic (exact) mass is 394 g/mol. The van der Waals surface area contributed by atoms with Crippen molar-refractivity contribution in [2.45, 2.75) is 18.9 Å². The minimum absolute atomic E-state index is 0.152. The highest BCUT2D eigenvalue weighted by molar-refractivity contribution is 5.75. The lowest BCUT2D eigenvalue weighted by molar-refractivity contribution is -0.118. The van der Waals surface area contributed by atoms with Crippen LogP contribution in [-0.4, -0.2) is 42.2 Å². The molecule has 1 aliphatic rings. The van der Waals surface area contributed by atoms with E-state index in [9.17, 15) is 23.5 Å². The van der Waals surface area contributed by atoms with E-state index in [1.807, 2.05) is 4.90 Å². The number of hydrogen-bond acceptors (Lipinski definition) is 6. The van der Waals surface area contributed by atoms with Gasteiger partial charge >= 0.3 is 0 Å². The van der Waals surface area contributed by atoms with Crippen molar-refractivity contribution in [3.8, 4) is 5.75 Å². The van der Waals surface area contributed by atoms with E-state index in [2.05, 4.69) is 0 Å². The van der Waals surface area contributed by atoms with E-state index in [1.54, 1.807) is 0 Å². The van der Waals surface area contributed by atoms with Crippen molar-refractivity contribution in [1.29, 1.82) is 0 Å². The van der Waals surface area contributed by atoms with Crippen LogP contribution >= 0.6 is 0 Å². The van der Waals surface area contributed by atoms with Crippen molar-refractivity contribution in [3.05, 3.63) is 63.2 Å². The molecule has 9 heteroatoms. The minimum Gasteiger partial charge on any atom is -0.502 e. The molecule has 1 aliphatic heterocycles. The van der Waals surface area contributed by atoms with Gasteiger partial charge in [0.25, 0.3) is 0 Å². The molecule has 1 amide bonds. The Morgan fingerprint density at radius 2 is 1.93 bits per heavy atom. The number of primary amides is 1. The van der Waals surface area contributed by atoms with Crippen molar-refractivity contribution >= 4 is 5.91 Å². The highest BCUT2D eigenvalue weighted by Gasteiger charge is 2.26. The number of morpholine rings is 1. The molecule has 1 aromatic heterocycles. The van der Waals surface area contributed by atoms with Crippen molar-refractivity contribution in [3.63, 3.8) is 0 Å². The highest BCUT2D eigenvalue weighted by atomic mass is 19.2. The van der Waals surface area contributed by atoms with Gasteiger partial charge < -0.3 is 20.0 Å². The van der Waals surface area contributed by atoms with Crippen molar-refractivity contribution in [2.75, 3.05) is 26.3 Å². The van der Waals surface area contributed by atoms with Gasteiger partial charge in [0.15, 0.2) is 17.4 Å². The molecule has 0 saturated carbocycles. The van der Waals surface area contributed by atoms with E-state index in [-0.39, 0.29) is 23.5 Å². The zero-order valence-electron chi connectivity index (χ0n) is 15.0. The van der Waals surface area contributed by atoms with Gasteiger partial charge in [-0.25, -0.2) is 8.78 Å². The van der Waals surface area contributed by atoms with Gasteiger partial charge in [0, 0.05) is 25.6 Å². The predicted octanol–water partition coefficient (Wildman–Crippen LogP) is 1.46. The minimum atomic E-state index is -1.13. The maximum atomic E-state index is 13.7. The highest BCUT2D eigenvalue weighted by Crippen LogP contribution is 2.33. The summed E-state index contributed by atoms with van der Waals surface area (Å²) in [4.78, 5) is 25.8. The van der Waals surface area contributed by atoms with E-state index < -0.39 is 34.6 Å². The predicted molar refractivity (Wildman–Crippen MR) is 94.8 cm³/mol. The molecular formula is C19H20F2N2O5. The third-order valence-corrected chi connectivity index (χ3v) is 4.55. The summed E-state index contributed by atoms with van der Waals surface area (Å²) in [6.07, 6.45) is -0.359. The SMILES string of the molecule is NC(=O)C[C@@H](c1ccc(F)c(F)c1)c1oc(CN2CCOCC2)cc(=O)c1O. The zero-order valence-corrected chi connectivity index (χ0v) is 15.0. The Kier molecular flexibility index (Phi) is 6.05. The summed E-state index contributed by atoms with van der Waals surface area (Å²) in [7, 11) is 0. The summed E-state index contributed by atoms with van der Waals surface area (Å²) in [6, 6.07) is 4.20. The molecule has 150 valence electrons. The van der Waals surface area contributed by atoms with Gasteiger partial charge in [0.05, 0.1) is 25.7 Å². The van der Waals surface area contributed by atoms with E-state index in [0.717, 1.165) is 12.1 Å². The molecule has 1 aromatic carbocycles. The number of amides is 1. The summed E-state index contributed by atoms with van der Waals surface area (Å²) >= 11 is 0. The smallest absolute Gasteiger partial charge is 0.227 e. The number of aromatic hydroxyl groups is 1. The maximum Gasteiger partial charge on any atom is 0.227 e. The molecule has 7 nitrogen and oxygen atoms in total. The lowest BCUT2D eigenvalue weighted by Crippen LogP contribution is -2.35. The number of hydrogen-bond donors (Lipinski definition) is 2. The molecule has 1 atom stereocenters. The van der Waals surface area contributed by atoms with Crippen molar-refractivity contribution in [2.24, 2.45) is 5.73 Å². The summed E-state index contributed by atoms with van der Waals surface area (Å²) in [6.45, 7) is 2.69. The van der Waals surface area contributed by atoms with Crippen LogP contribution < -0.4 is 11.2 Å². The Bertz CT molecular complexity index is 925. The second-order valence-electron chi connectivity index (χ2n) is 6.57. The van der Waals surface area contributed by atoms with Crippen LogP contribution in [0.4, 0.5) is 8.78 Å². The van der Waals surface area contributed by atoms with E-state index in [0.29, 0.717) is 32.8 Å². The number of nitrogens with zero attached hydrogens (tertiary/aromatic N) is 1. The normalized spacial score (nSPS) is 16.1. The third-order valence-electron chi connectivity index (χ3n) is 4.55. The summed E-state index contributed by atoms with van der Waals surface area (Å²) in [5.74, 6) is -4.61. The first-order valence-corrected chi connectivity index (χ1v) is 8.74. The molecule has 0 radical (unpaired) electrons. The largest absolute Gasteiger partial charge is 0.502 e. The Morgan fingerprint density at radius 3 is 2.57 bits per heavy atom. The summed E-state index contributed by atoms with van der Waals surface area (Å²) in [5.41, 5.74) is 4.74. The van der Waals surface area contributed by atoms with Crippen LogP contribution in [0.3, 0.4) is 0 Å². The molecule has 0 aliphatic carbocycles. The first kappa shape index (κ1) is 20.0. The van der Waals surface area contributed by atoms with Gasteiger partial charge in [0.2, 0.25) is 17.1 Å². The number of rotatable bonds is 6. The molecular weight excluding hydrogens is 374 g/mol. The van der Waals surface area contributed by atoms with Crippen LogP contribution in [0.2, 0.25) is 0 Å². The van der Waals surface area contributed by atoms with Crippen LogP contribution in [0.1, 0.15) is 29.4 Å². The van der Waals surface area contributed by atoms with E-state index in [1.165, 1.54) is 12.1 Å². The second kappa shape index (κ2) is 8.49. The Labute approximate surface area is 159 Å². The standard InChI is InChI=1S/C19H20F2N2O5/c20-14-2-1-11(7-15(14)21)13(9-17(22)25)19-18(26)16(24)8-12(28-19)10-23-3-5-27-6-4-23/h1-2,7-8,13,26H,3-6,9-10H2,(H2,22,25)/t13-/m0/s1. The molecule has 2 heterocycles. The quantitative estimate of drug-likeness (QED) is 0.769. The van der Waals surface area contributed by atoms with Gasteiger partial charge in [0.1, 0.15) is 5.76 Å². The molecule has 1 fully saturated rings. The number of nitrogens with two attached hydrogens (primary N) is 1. The summed E-state index contributed by atoms with van der Waals surface area (Å²) in [5, 5.41) is 10.2. The van der Waals surface area contributed by atoms with Crippen molar-refractivity contribution in [1.82, 2.24) is 4.90 Å². The first-order valence-electron chi connectivity index (χ1n) is 8.74. The summed E-state index contributed by atoms with van der Waals surface area (Å²) < 4.78 is 38.0. The maximum absolute atomic E-state index is 13.7. The molecule has 0 bridgehead atoms.